The normalized spacial score (nSPS) is 20.5. The Morgan fingerprint density at radius 3 is 2.73 bits per heavy atom. The van der Waals surface area contributed by atoms with Crippen LogP contribution in [-0.4, -0.2) is 4.98 Å². The van der Waals surface area contributed by atoms with Crippen LogP contribution in [0.2, 0.25) is 0 Å². The highest BCUT2D eigenvalue weighted by molar-refractivity contribution is 7.16. The lowest BCUT2D eigenvalue weighted by atomic mass is 9.69. The molecule has 3 heteroatoms. The van der Waals surface area contributed by atoms with E-state index < -0.39 is 0 Å². The van der Waals surface area contributed by atoms with Gasteiger partial charge in [0.25, 0.3) is 0 Å². The van der Waals surface area contributed by atoms with Crippen LogP contribution >= 0.6 is 11.3 Å². The zero-order chi connectivity index (χ0) is 14.9. The number of nitrogens with zero attached hydrogens (tertiary/aromatic N) is 2. The molecule has 4 rings (SSSR count). The largest absolute Gasteiger partial charge is 0.245 e. The highest BCUT2D eigenvalue weighted by atomic mass is 32.1. The molecular weight excluding hydrogens is 288 g/mol. The molecule has 22 heavy (non-hydrogen) atoms. The summed E-state index contributed by atoms with van der Waals surface area (Å²) in [7, 11) is 0. The zero-order valence-corrected chi connectivity index (χ0v) is 13.0. The second-order valence-corrected chi connectivity index (χ2v) is 7.01. The molecule has 0 atom stereocenters. The van der Waals surface area contributed by atoms with E-state index in [1.807, 2.05) is 17.6 Å². The van der Waals surface area contributed by atoms with Crippen molar-refractivity contribution in [1.29, 1.82) is 5.26 Å². The number of benzene rings is 2. The van der Waals surface area contributed by atoms with E-state index in [4.69, 9.17) is 5.26 Å². The molecule has 1 fully saturated rings. The van der Waals surface area contributed by atoms with E-state index in [9.17, 15) is 0 Å². The highest BCUT2D eigenvalue weighted by Crippen LogP contribution is 2.43. The number of rotatable bonds is 3. The van der Waals surface area contributed by atoms with E-state index in [1.165, 1.54) is 28.7 Å². The van der Waals surface area contributed by atoms with Crippen molar-refractivity contribution in [3.05, 3.63) is 64.7 Å². The second-order valence-electron chi connectivity index (χ2n) is 6.13. The molecule has 1 heterocycles. The minimum atomic E-state index is 0.667. The highest BCUT2D eigenvalue weighted by Gasteiger charge is 2.30. The van der Waals surface area contributed by atoms with Crippen LogP contribution in [0.5, 0.6) is 0 Å². The van der Waals surface area contributed by atoms with Gasteiger partial charge in [0.05, 0.1) is 27.4 Å². The fourth-order valence-corrected chi connectivity index (χ4v) is 4.03. The Labute approximate surface area is 134 Å². The number of thiazole rings is 1. The van der Waals surface area contributed by atoms with Crippen molar-refractivity contribution >= 4 is 21.6 Å². The molecule has 0 radical (unpaired) electrons. The minimum Gasteiger partial charge on any atom is -0.245 e. The fraction of sp³-hybridized carbons (Fsp3) is 0.263. The molecular formula is C19H16N2S. The first kappa shape index (κ1) is 13.5. The summed E-state index contributed by atoms with van der Waals surface area (Å²) in [6, 6.07) is 16.9. The number of fused-ring (bicyclic) bond motifs is 1. The molecule has 108 valence electrons. The zero-order valence-electron chi connectivity index (χ0n) is 12.2. The molecule has 3 aromatic rings. The van der Waals surface area contributed by atoms with Gasteiger partial charge < -0.3 is 0 Å². The van der Waals surface area contributed by atoms with Crippen LogP contribution in [0.4, 0.5) is 0 Å². The van der Waals surface area contributed by atoms with E-state index >= 15 is 0 Å². The van der Waals surface area contributed by atoms with Gasteiger partial charge >= 0.3 is 0 Å². The SMILES string of the molecule is N#Cc1ccc(C2CC(Cc3ccc4scnc4c3)C2)cc1. The fourth-order valence-electron chi connectivity index (χ4n) is 3.37. The minimum absolute atomic E-state index is 0.667. The summed E-state index contributed by atoms with van der Waals surface area (Å²) < 4.78 is 1.27. The number of nitriles is 1. The maximum atomic E-state index is 8.85. The van der Waals surface area contributed by atoms with Gasteiger partial charge in [0, 0.05) is 0 Å². The summed E-state index contributed by atoms with van der Waals surface area (Å²) in [6.07, 6.45) is 3.66. The summed E-state index contributed by atoms with van der Waals surface area (Å²) in [4.78, 5) is 4.40. The molecule has 0 N–H and O–H groups in total. The standard InChI is InChI=1S/C19H16N2S/c20-11-13-1-4-16(5-2-13)17-8-15(9-17)7-14-3-6-19-18(10-14)21-12-22-19/h1-6,10,12,15,17H,7-9H2. The van der Waals surface area contributed by atoms with E-state index in [2.05, 4.69) is 41.4 Å². The lowest BCUT2D eigenvalue weighted by Crippen LogP contribution is -2.23. The van der Waals surface area contributed by atoms with Gasteiger partial charge in [-0.2, -0.15) is 5.26 Å². The van der Waals surface area contributed by atoms with Crippen LogP contribution in [-0.2, 0) is 6.42 Å². The first-order valence-corrected chi connectivity index (χ1v) is 8.52. The average Bonchev–Trinajstić information content (AvgIpc) is 2.98. The molecule has 1 aliphatic rings. The molecule has 0 spiro atoms. The van der Waals surface area contributed by atoms with E-state index in [-0.39, 0.29) is 0 Å². The molecule has 1 aliphatic carbocycles. The Balaban J connectivity index is 1.39. The van der Waals surface area contributed by atoms with Gasteiger partial charge in [0.2, 0.25) is 0 Å². The summed E-state index contributed by atoms with van der Waals surface area (Å²) in [5.74, 6) is 1.44. The molecule has 0 aliphatic heterocycles. The molecule has 2 aromatic carbocycles. The molecule has 0 bridgehead atoms. The quantitative estimate of drug-likeness (QED) is 0.689. The van der Waals surface area contributed by atoms with Crippen LogP contribution in [0.1, 0.15) is 35.4 Å². The number of hydrogen-bond acceptors (Lipinski definition) is 3. The lowest BCUT2D eigenvalue weighted by Gasteiger charge is -2.36. The van der Waals surface area contributed by atoms with Crippen molar-refractivity contribution in [3.63, 3.8) is 0 Å². The summed E-state index contributed by atoms with van der Waals surface area (Å²) in [5.41, 5.74) is 6.58. The van der Waals surface area contributed by atoms with Crippen LogP contribution in [0, 0.1) is 17.2 Å². The molecule has 1 aromatic heterocycles. The predicted octanol–water partition coefficient (Wildman–Crippen LogP) is 4.90. The van der Waals surface area contributed by atoms with Gasteiger partial charge in [-0.15, -0.1) is 11.3 Å². The van der Waals surface area contributed by atoms with Gasteiger partial charge in [-0.05, 0) is 66.5 Å². The average molecular weight is 304 g/mol. The van der Waals surface area contributed by atoms with Crippen molar-refractivity contribution < 1.29 is 0 Å². The first-order chi connectivity index (χ1) is 10.8. The Bertz CT molecular complexity index is 836. The number of hydrogen-bond donors (Lipinski definition) is 0. The molecule has 0 unspecified atom stereocenters. The van der Waals surface area contributed by atoms with Gasteiger partial charge in [0.1, 0.15) is 0 Å². The van der Waals surface area contributed by atoms with Gasteiger partial charge in [-0.1, -0.05) is 18.2 Å². The first-order valence-electron chi connectivity index (χ1n) is 7.64. The summed E-state index contributed by atoms with van der Waals surface area (Å²) in [5, 5.41) is 8.85. The molecule has 0 amide bonds. The van der Waals surface area contributed by atoms with E-state index in [1.54, 1.807) is 11.3 Å². The third kappa shape index (κ3) is 2.51. The number of aromatic nitrogens is 1. The van der Waals surface area contributed by atoms with Crippen molar-refractivity contribution in [3.8, 4) is 6.07 Å². The second kappa shape index (κ2) is 5.55. The van der Waals surface area contributed by atoms with Crippen molar-refractivity contribution in [2.45, 2.75) is 25.2 Å². The maximum Gasteiger partial charge on any atom is 0.0991 e. The molecule has 0 saturated heterocycles. The van der Waals surface area contributed by atoms with Crippen LogP contribution in [0.15, 0.2) is 48.0 Å². The van der Waals surface area contributed by atoms with Gasteiger partial charge in [-0.25, -0.2) is 4.98 Å². The monoisotopic (exact) mass is 304 g/mol. The third-order valence-electron chi connectivity index (χ3n) is 4.67. The van der Waals surface area contributed by atoms with Crippen LogP contribution < -0.4 is 0 Å². The van der Waals surface area contributed by atoms with Gasteiger partial charge in [0.15, 0.2) is 0 Å². The van der Waals surface area contributed by atoms with Crippen LogP contribution in [0.3, 0.4) is 0 Å². The van der Waals surface area contributed by atoms with E-state index in [0.29, 0.717) is 5.92 Å². The van der Waals surface area contributed by atoms with E-state index in [0.717, 1.165) is 23.4 Å². The lowest BCUT2D eigenvalue weighted by molar-refractivity contribution is 0.262. The van der Waals surface area contributed by atoms with Crippen molar-refractivity contribution in [2.75, 3.05) is 0 Å². The molecule has 1 saturated carbocycles. The topological polar surface area (TPSA) is 36.7 Å². The van der Waals surface area contributed by atoms with Gasteiger partial charge in [-0.3, -0.25) is 0 Å². The van der Waals surface area contributed by atoms with Crippen molar-refractivity contribution in [1.82, 2.24) is 4.98 Å². The van der Waals surface area contributed by atoms with Crippen molar-refractivity contribution in [2.24, 2.45) is 5.92 Å². The Morgan fingerprint density at radius 2 is 1.95 bits per heavy atom. The Kier molecular flexibility index (Phi) is 3.40. The van der Waals surface area contributed by atoms with Crippen LogP contribution in [0.25, 0.3) is 10.2 Å². The smallest absolute Gasteiger partial charge is 0.0991 e. The maximum absolute atomic E-state index is 8.85. The summed E-state index contributed by atoms with van der Waals surface area (Å²) in [6.45, 7) is 0. The third-order valence-corrected chi connectivity index (χ3v) is 5.48. The predicted molar refractivity (Wildman–Crippen MR) is 89.9 cm³/mol. The summed E-state index contributed by atoms with van der Waals surface area (Å²) >= 11 is 1.70. The molecule has 2 nitrogen and oxygen atoms in total. The Hall–Kier alpha value is -2.18. The Morgan fingerprint density at radius 1 is 1.14 bits per heavy atom.